The first kappa shape index (κ1) is 31.4. The van der Waals surface area contributed by atoms with Crippen LogP contribution in [0.4, 0.5) is 33.6 Å². The van der Waals surface area contributed by atoms with Crippen molar-refractivity contribution in [2.45, 2.75) is 58.0 Å². The minimum absolute atomic E-state index is 0.0648. The monoisotopic (exact) mass is 612 g/mol. The number of aliphatic carboxylic acids is 1. The van der Waals surface area contributed by atoms with Gasteiger partial charge in [0.2, 0.25) is 5.76 Å². The molecule has 2 aliphatic heterocycles. The molecule has 232 valence electrons. The zero-order valence-corrected chi connectivity index (χ0v) is 23.2. The fraction of sp³-hybridized carbons (Fsp3) is 0.444. The molecule has 16 heteroatoms. The van der Waals surface area contributed by atoms with E-state index in [-0.39, 0.29) is 29.6 Å². The molecule has 5 rings (SSSR count). The molecule has 0 radical (unpaired) electrons. The minimum atomic E-state index is -5.08. The number of carbonyl (C=O) groups excluding carboxylic acids is 1. The van der Waals surface area contributed by atoms with E-state index in [1.807, 2.05) is 13.8 Å². The molecule has 43 heavy (non-hydrogen) atoms. The van der Waals surface area contributed by atoms with Crippen LogP contribution in [0.1, 0.15) is 48.6 Å². The molecule has 0 atom stereocenters. The highest BCUT2D eigenvalue weighted by Crippen LogP contribution is 2.31. The number of fused-ring (bicyclic) bond motifs is 1. The maximum Gasteiger partial charge on any atom is 0.490 e. The van der Waals surface area contributed by atoms with E-state index in [0.29, 0.717) is 51.3 Å². The van der Waals surface area contributed by atoms with E-state index >= 15 is 0 Å². The number of carbonyl (C=O) groups is 2. The molecule has 3 aromatic rings. The Hall–Kier alpha value is -4.50. The van der Waals surface area contributed by atoms with Gasteiger partial charge in [-0.05, 0) is 26.0 Å². The molecule has 0 spiro atoms. The van der Waals surface area contributed by atoms with Crippen molar-refractivity contribution in [3.8, 4) is 5.75 Å². The van der Waals surface area contributed by atoms with Crippen molar-refractivity contribution in [1.82, 2.24) is 20.0 Å². The molecule has 1 saturated heterocycles. The second-order valence-corrected chi connectivity index (χ2v) is 10.1. The number of hydrogen-bond acceptors (Lipinski definition) is 9. The SMILES string of the molecule is CC(C)Nc1nc2c(nc1N1CCC(Oc3ccc(F)cc3F)CC1)CCN(C(=O)c1ccno1)C2.O=C(O)C(F)(F)F. The smallest absolute Gasteiger partial charge is 0.487 e. The number of aromatic nitrogens is 3. The largest absolute Gasteiger partial charge is 0.490 e. The Morgan fingerprint density at radius 2 is 1.79 bits per heavy atom. The Morgan fingerprint density at radius 1 is 1.09 bits per heavy atom. The normalized spacial score (nSPS) is 15.4. The molecule has 0 aliphatic carbocycles. The van der Waals surface area contributed by atoms with E-state index in [0.717, 1.165) is 23.3 Å². The summed E-state index contributed by atoms with van der Waals surface area (Å²) < 4.78 is 69.8. The van der Waals surface area contributed by atoms with Crippen LogP contribution in [0.15, 0.2) is 35.0 Å². The number of ether oxygens (including phenoxy) is 1. The number of benzene rings is 1. The van der Waals surface area contributed by atoms with Crippen LogP contribution in [0.5, 0.6) is 5.75 Å². The highest BCUT2D eigenvalue weighted by atomic mass is 19.4. The van der Waals surface area contributed by atoms with Crippen LogP contribution in [0.3, 0.4) is 0 Å². The van der Waals surface area contributed by atoms with Crippen LogP contribution in [-0.4, -0.2) is 75.0 Å². The lowest BCUT2D eigenvalue weighted by Gasteiger charge is -2.35. The molecular formula is C27H29F5N6O5. The third-order valence-corrected chi connectivity index (χ3v) is 6.52. The van der Waals surface area contributed by atoms with E-state index in [2.05, 4.69) is 15.4 Å². The van der Waals surface area contributed by atoms with Crippen LogP contribution in [-0.2, 0) is 17.8 Å². The summed E-state index contributed by atoms with van der Waals surface area (Å²) in [6.07, 6.45) is -1.90. The fourth-order valence-electron chi connectivity index (χ4n) is 4.50. The molecule has 1 amide bonds. The number of piperidine rings is 1. The van der Waals surface area contributed by atoms with Gasteiger partial charge in [0.25, 0.3) is 5.91 Å². The van der Waals surface area contributed by atoms with E-state index in [1.54, 1.807) is 11.0 Å². The number of alkyl halides is 3. The fourth-order valence-corrected chi connectivity index (χ4v) is 4.50. The Balaban J connectivity index is 0.000000541. The minimum Gasteiger partial charge on any atom is -0.487 e. The van der Waals surface area contributed by atoms with Crippen molar-refractivity contribution in [3.63, 3.8) is 0 Å². The summed E-state index contributed by atoms with van der Waals surface area (Å²) in [7, 11) is 0. The van der Waals surface area contributed by atoms with Gasteiger partial charge in [0, 0.05) is 57.1 Å². The van der Waals surface area contributed by atoms with Crippen LogP contribution in [0, 0.1) is 11.6 Å². The Morgan fingerprint density at radius 3 is 2.37 bits per heavy atom. The number of hydrogen-bond donors (Lipinski definition) is 2. The van der Waals surface area contributed by atoms with E-state index in [9.17, 15) is 26.7 Å². The zero-order chi connectivity index (χ0) is 31.3. The summed E-state index contributed by atoms with van der Waals surface area (Å²) in [6.45, 7) is 6.22. The highest BCUT2D eigenvalue weighted by molar-refractivity contribution is 5.91. The maximum atomic E-state index is 14.0. The average molecular weight is 613 g/mol. The van der Waals surface area contributed by atoms with Crippen LogP contribution >= 0.6 is 0 Å². The lowest BCUT2D eigenvalue weighted by Crippen LogP contribution is -2.41. The van der Waals surface area contributed by atoms with Crippen molar-refractivity contribution < 1.29 is 45.9 Å². The molecule has 0 saturated carbocycles. The van der Waals surface area contributed by atoms with E-state index in [4.69, 9.17) is 29.1 Å². The third kappa shape index (κ3) is 8.08. The molecule has 2 aromatic heterocycles. The van der Waals surface area contributed by atoms with Crippen molar-refractivity contribution in [2.24, 2.45) is 0 Å². The molecule has 1 fully saturated rings. The second kappa shape index (κ2) is 13.2. The van der Waals surface area contributed by atoms with Crippen molar-refractivity contribution in [1.29, 1.82) is 0 Å². The summed E-state index contributed by atoms with van der Waals surface area (Å²) in [5, 5.41) is 14.1. The lowest BCUT2D eigenvalue weighted by atomic mass is 10.1. The van der Waals surface area contributed by atoms with Crippen LogP contribution in [0.25, 0.3) is 0 Å². The number of halogens is 5. The van der Waals surface area contributed by atoms with Gasteiger partial charge < -0.3 is 29.5 Å². The van der Waals surface area contributed by atoms with Crippen molar-refractivity contribution in [2.75, 3.05) is 29.9 Å². The maximum absolute atomic E-state index is 14.0. The topological polar surface area (TPSA) is 134 Å². The molecule has 0 unspecified atom stereocenters. The predicted octanol–water partition coefficient (Wildman–Crippen LogP) is 4.44. The molecule has 0 bridgehead atoms. The Bertz CT molecular complexity index is 1430. The zero-order valence-electron chi connectivity index (χ0n) is 23.2. The van der Waals surface area contributed by atoms with Crippen molar-refractivity contribution >= 4 is 23.5 Å². The Kier molecular flexibility index (Phi) is 9.66. The van der Waals surface area contributed by atoms with Gasteiger partial charge >= 0.3 is 12.1 Å². The molecule has 4 heterocycles. The van der Waals surface area contributed by atoms with Gasteiger partial charge in [-0.15, -0.1) is 0 Å². The second-order valence-electron chi connectivity index (χ2n) is 10.1. The quantitative estimate of drug-likeness (QED) is 0.385. The first-order valence-corrected chi connectivity index (χ1v) is 13.3. The molecule has 2 N–H and O–H groups in total. The summed E-state index contributed by atoms with van der Waals surface area (Å²) in [5.74, 6) is -2.60. The first-order chi connectivity index (χ1) is 20.3. The number of carboxylic acids is 1. The van der Waals surface area contributed by atoms with Gasteiger partial charge in [0.15, 0.2) is 23.2 Å². The molecular weight excluding hydrogens is 583 g/mol. The summed E-state index contributed by atoms with van der Waals surface area (Å²) in [4.78, 5) is 35.3. The van der Waals surface area contributed by atoms with E-state index < -0.39 is 23.8 Å². The van der Waals surface area contributed by atoms with Gasteiger partial charge in [0.05, 0.1) is 24.1 Å². The van der Waals surface area contributed by atoms with E-state index in [1.165, 1.54) is 18.3 Å². The summed E-state index contributed by atoms with van der Waals surface area (Å²) in [6, 6.07) is 5.04. The predicted molar refractivity (Wildman–Crippen MR) is 142 cm³/mol. The van der Waals surface area contributed by atoms with Gasteiger partial charge in [-0.3, -0.25) is 4.79 Å². The number of nitrogens with zero attached hydrogens (tertiary/aromatic N) is 5. The highest BCUT2D eigenvalue weighted by Gasteiger charge is 2.38. The number of rotatable bonds is 6. The average Bonchev–Trinajstić information content (AvgIpc) is 3.49. The molecule has 1 aromatic carbocycles. The standard InChI is InChI=1S/C25H28F2N6O3.C2HF3O2/c1-15(2)29-23-24(32-10-6-17(7-11-32)35-21-4-3-16(26)13-18(21)27)31-19-8-12-33(14-20(19)30-23)25(34)22-5-9-28-36-22;3-2(4,5)1(6)7/h3-5,9,13,15,17H,6-8,10-12,14H2,1-2H3,(H,29,30);(H,6,7). The summed E-state index contributed by atoms with van der Waals surface area (Å²) in [5.41, 5.74) is 1.62. The van der Waals surface area contributed by atoms with Crippen LogP contribution in [0.2, 0.25) is 0 Å². The number of anilines is 2. The number of carboxylic acid groups (broad SMARTS) is 1. The summed E-state index contributed by atoms with van der Waals surface area (Å²) >= 11 is 0. The number of amides is 1. The van der Waals surface area contributed by atoms with Gasteiger partial charge in [-0.2, -0.15) is 13.2 Å². The van der Waals surface area contributed by atoms with Gasteiger partial charge in [0.1, 0.15) is 11.9 Å². The molecule has 2 aliphatic rings. The Labute approximate surface area is 242 Å². The van der Waals surface area contributed by atoms with Gasteiger partial charge in [-0.25, -0.2) is 23.5 Å². The first-order valence-electron chi connectivity index (χ1n) is 13.3. The number of nitrogens with one attached hydrogen (secondary N) is 1. The van der Waals surface area contributed by atoms with Crippen molar-refractivity contribution in [3.05, 3.63) is 59.2 Å². The van der Waals surface area contributed by atoms with Crippen LogP contribution < -0.4 is 15.0 Å². The third-order valence-electron chi connectivity index (χ3n) is 6.52. The molecule has 11 nitrogen and oxygen atoms in total. The lowest BCUT2D eigenvalue weighted by molar-refractivity contribution is -0.192. The van der Waals surface area contributed by atoms with Gasteiger partial charge in [-0.1, -0.05) is 5.16 Å².